The Labute approximate surface area is 107 Å². The van der Waals surface area contributed by atoms with E-state index >= 15 is 0 Å². The molecule has 100 valence electrons. The van der Waals surface area contributed by atoms with Gasteiger partial charge in [0, 0.05) is 25.9 Å². The van der Waals surface area contributed by atoms with Crippen molar-refractivity contribution in [1.29, 1.82) is 0 Å². The Hall–Kier alpha value is -1.49. The van der Waals surface area contributed by atoms with Crippen LogP contribution in [0.5, 0.6) is 0 Å². The maximum Gasteiger partial charge on any atom is 0.409 e. The van der Waals surface area contributed by atoms with Gasteiger partial charge in [0.05, 0.1) is 18.9 Å². The number of nitrogens with two attached hydrogens (primary N) is 1. The highest BCUT2D eigenvalue weighted by atomic mass is 16.6. The zero-order valence-electron chi connectivity index (χ0n) is 10.8. The normalized spacial score (nSPS) is 16.8. The van der Waals surface area contributed by atoms with Gasteiger partial charge in [-0.3, -0.25) is 0 Å². The molecule has 1 aromatic rings. The lowest BCUT2D eigenvalue weighted by Gasteiger charge is -2.29. The van der Waals surface area contributed by atoms with Gasteiger partial charge in [-0.05, 0) is 19.1 Å². The van der Waals surface area contributed by atoms with Crippen molar-refractivity contribution in [3.05, 3.63) is 24.2 Å². The maximum atomic E-state index is 11.5. The zero-order chi connectivity index (χ0) is 12.8. The number of rotatable bonds is 4. The minimum Gasteiger partial charge on any atom is -0.463 e. The minimum absolute atomic E-state index is 0.179. The first-order valence-corrected chi connectivity index (χ1v) is 6.57. The second kappa shape index (κ2) is 6.44. The second-order valence-electron chi connectivity index (χ2n) is 4.54. The van der Waals surface area contributed by atoms with E-state index in [1.165, 1.54) is 0 Å². The van der Waals surface area contributed by atoms with E-state index in [-0.39, 0.29) is 6.09 Å². The van der Waals surface area contributed by atoms with Crippen LogP contribution in [0.15, 0.2) is 22.8 Å². The van der Waals surface area contributed by atoms with Crippen molar-refractivity contribution in [2.75, 3.05) is 19.7 Å². The molecule has 0 aromatic carbocycles. The highest BCUT2D eigenvalue weighted by Crippen LogP contribution is 2.09. The van der Waals surface area contributed by atoms with Crippen LogP contribution in [0.25, 0.3) is 0 Å². The molecule has 0 unspecified atom stereocenters. The predicted octanol–water partition coefficient (Wildman–Crippen LogP) is 0.964. The number of nitrogens with zero attached hydrogens (tertiary/aromatic N) is 1. The Kier molecular flexibility index (Phi) is 4.64. The molecule has 1 saturated heterocycles. The van der Waals surface area contributed by atoms with E-state index in [2.05, 4.69) is 5.32 Å². The number of amides is 1. The summed E-state index contributed by atoms with van der Waals surface area (Å²) in [5.74, 6) is 1.00. The Balaban J connectivity index is 1.68. The minimum atomic E-state index is -0.179. The molecule has 2 heterocycles. The molecule has 0 atom stereocenters. The van der Waals surface area contributed by atoms with Crippen molar-refractivity contribution in [3.8, 4) is 0 Å². The Morgan fingerprint density at radius 2 is 2.33 bits per heavy atom. The van der Waals surface area contributed by atoms with E-state index in [9.17, 15) is 4.79 Å². The highest BCUT2D eigenvalue weighted by Gasteiger charge is 2.25. The first-order chi connectivity index (χ1) is 8.79. The first-order valence-electron chi connectivity index (χ1n) is 6.57. The fourth-order valence-electron chi connectivity index (χ4n) is 2.24. The number of piperidine rings is 1. The van der Waals surface area contributed by atoms with Crippen molar-refractivity contribution in [2.45, 2.75) is 32.4 Å². The molecule has 1 fully saturated rings. The van der Waals surface area contributed by atoms with E-state index in [1.54, 1.807) is 11.2 Å². The van der Waals surface area contributed by atoms with Gasteiger partial charge in [-0.2, -0.15) is 0 Å². The predicted molar refractivity (Wildman–Crippen MR) is 66.0 cm³/mol. The van der Waals surface area contributed by atoms with Crippen LogP contribution in [-0.4, -0.2) is 36.7 Å². The first kappa shape index (κ1) is 13.0. The van der Waals surface area contributed by atoms with E-state index in [0.29, 0.717) is 12.6 Å². The smallest absolute Gasteiger partial charge is 0.409 e. The third-order valence-electron chi connectivity index (χ3n) is 3.30. The molecule has 18 heavy (non-hydrogen) atoms. The number of carbonyl (C=O) groups excluding carboxylic acids is 1. The molecule has 5 nitrogen and oxygen atoms in total. The largest absolute Gasteiger partial charge is 0.463 e. The van der Waals surface area contributed by atoms with E-state index in [0.717, 1.165) is 38.2 Å². The van der Waals surface area contributed by atoms with E-state index < -0.39 is 0 Å². The fourth-order valence-corrected chi connectivity index (χ4v) is 2.24. The number of hydrogen-bond acceptors (Lipinski definition) is 3. The second-order valence-corrected chi connectivity index (χ2v) is 4.54. The highest BCUT2D eigenvalue weighted by molar-refractivity contribution is 5.67. The third kappa shape index (κ3) is 3.50. The maximum absolute atomic E-state index is 11.5. The number of furan rings is 1. The SMILES string of the molecule is CCOC(=O)N1CCC([NH2+]Cc2ccco2)CC1. The average Bonchev–Trinajstić information content (AvgIpc) is 2.90. The van der Waals surface area contributed by atoms with Gasteiger partial charge in [-0.15, -0.1) is 0 Å². The monoisotopic (exact) mass is 253 g/mol. The lowest BCUT2D eigenvalue weighted by Crippen LogP contribution is -2.89. The summed E-state index contributed by atoms with van der Waals surface area (Å²) in [7, 11) is 0. The molecule has 2 N–H and O–H groups in total. The van der Waals surface area contributed by atoms with Gasteiger partial charge in [-0.25, -0.2) is 4.79 Å². The zero-order valence-corrected chi connectivity index (χ0v) is 10.8. The summed E-state index contributed by atoms with van der Waals surface area (Å²) in [6, 6.07) is 4.47. The van der Waals surface area contributed by atoms with Crippen molar-refractivity contribution in [2.24, 2.45) is 0 Å². The molecule has 2 rings (SSSR count). The van der Waals surface area contributed by atoms with Crippen LogP contribution in [0, 0.1) is 0 Å². The van der Waals surface area contributed by atoms with Crippen LogP contribution >= 0.6 is 0 Å². The van der Waals surface area contributed by atoms with E-state index in [1.807, 2.05) is 19.1 Å². The number of ether oxygens (including phenoxy) is 1. The topological polar surface area (TPSA) is 59.3 Å². The molecule has 0 aliphatic carbocycles. The van der Waals surface area contributed by atoms with Crippen molar-refractivity contribution < 1.29 is 19.3 Å². The summed E-state index contributed by atoms with van der Waals surface area (Å²) in [4.78, 5) is 13.3. The average molecular weight is 253 g/mol. The van der Waals surface area contributed by atoms with Gasteiger partial charge in [-0.1, -0.05) is 0 Å². The van der Waals surface area contributed by atoms with Crippen molar-refractivity contribution in [3.63, 3.8) is 0 Å². The molecular weight excluding hydrogens is 232 g/mol. The lowest BCUT2D eigenvalue weighted by molar-refractivity contribution is -0.708. The molecule has 1 aromatic heterocycles. The Morgan fingerprint density at radius 3 is 2.94 bits per heavy atom. The van der Waals surface area contributed by atoms with Crippen LogP contribution in [0.3, 0.4) is 0 Å². The summed E-state index contributed by atoms with van der Waals surface area (Å²) in [6.07, 6.45) is 3.55. The summed E-state index contributed by atoms with van der Waals surface area (Å²) >= 11 is 0. The molecule has 1 aliphatic heterocycles. The quantitative estimate of drug-likeness (QED) is 0.869. The molecule has 0 bridgehead atoms. The summed E-state index contributed by atoms with van der Waals surface area (Å²) in [6.45, 7) is 4.73. The molecule has 0 radical (unpaired) electrons. The lowest BCUT2D eigenvalue weighted by atomic mass is 10.1. The summed E-state index contributed by atoms with van der Waals surface area (Å²) in [5, 5.41) is 2.29. The third-order valence-corrected chi connectivity index (χ3v) is 3.30. The van der Waals surface area contributed by atoms with Gasteiger partial charge in [0.1, 0.15) is 6.54 Å². The summed E-state index contributed by atoms with van der Waals surface area (Å²) in [5.41, 5.74) is 0. The van der Waals surface area contributed by atoms with Gasteiger partial charge in [0.2, 0.25) is 0 Å². The molecule has 1 aliphatic rings. The fraction of sp³-hybridized carbons (Fsp3) is 0.615. The standard InChI is InChI=1S/C13H20N2O3/c1-2-17-13(16)15-7-5-11(6-8-15)14-10-12-4-3-9-18-12/h3-4,9,11,14H,2,5-8,10H2,1H3/p+1. The Morgan fingerprint density at radius 1 is 1.56 bits per heavy atom. The molecule has 0 saturated carbocycles. The van der Waals surface area contributed by atoms with Crippen LogP contribution in [-0.2, 0) is 11.3 Å². The number of carbonyl (C=O) groups is 1. The summed E-state index contributed by atoms with van der Waals surface area (Å²) < 4.78 is 10.3. The molecule has 0 spiro atoms. The number of quaternary nitrogens is 1. The molecule has 1 amide bonds. The van der Waals surface area contributed by atoms with E-state index in [4.69, 9.17) is 9.15 Å². The van der Waals surface area contributed by atoms with Crippen molar-refractivity contribution >= 4 is 6.09 Å². The number of likely N-dealkylation sites (tertiary alicyclic amines) is 1. The van der Waals surface area contributed by atoms with Gasteiger partial charge in [0.15, 0.2) is 5.76 Å². The van der Waals surface area contributed by atoms with Crippen LogP contribution in [0.2, 0.25) is 0 Å². The molecular formula is C13H21N2O3+. The van der Waals surface area contributed by atoms with Crippen molar-refractivity contribution in [1.82, 2.24) is 4.90 Å². The van der Waals surface area contributed by atoms with Crippen LogP contribution in [0.1, 0.15) is 25.5 Å². The Bertz CT molecular complexity index is 356. The molecule has 5 heteroatoms. The van der Waals surface area contributed by atoms with Gasteiger partial charge >= 0.3 is 6.09 Å². The van der Waals surface area contributed by atoms with Gasteiger partial charge < -0.3 is 19.4 Å². The van der Waals surface area contributed by atoms with Crippen LogP contribution < -0.4 is 5.32 Å². The van der Waals surface area contributed by atoms with Crippen LogP contribution in [0.4, 0.5) is 4.79 Å². The van der Waals surface area contributed by atoms with Gasteiger partial charge in [0.25, 0.3) is 0 Å². The number of hydrogen-bond donors (Lipinski definition) is 1.